The molecule has 2 aromatic carbocycles. The van der Waals surface area contributed by atoms with Crippen LogP contribution in [-0.2, 0) is 13.5 Å². The van der Waals surface area contributed by atoms with Crippen LogP contribution in [-0.4, -0.2) is 5.54 Å². The Labute approximate surface area is 176 Å². The summed E-state index contributed by atoms with van der Waals surface area (Å²) < 4.78 is 14.6. The summed E-state index contributed by atoms with van der Waals surface area (Å²) in [5, 5.41) is 3.34. The largest absolute Gasteiger partial charge is 0.458 e. The summed E-state index contributed by atoms with van der Waals surface area (Å²) in [7, 11) is 2.04. The van der Waals surface area contributed by atoms with E-state index in [0.29, 0.717) is 6.42 Å². The van der Waals surface area contributed by atoms with E-state index >= 15 is 0 Å². The zero-order chi connectivity index (χ0) is 21.4. The Morgan fingerprint density at radius 3 is 2.60 bits per heavy atom. The van der Waals surface area contributed by atoms with Crippen molar-refractivity contribution in [2.45, 2.75) is 46.6 Å². The molecule has 0 amide bonds. The summed E-state index contributed by atoms with van der Waals surface area (Å²) in [5.41, 5.74) is 7.29. The van der Waals surface area contributed by atoms with Crippen LogP contribution in [0, 0.1) is 27.3 Å². The van der Waals surface area contributed by atoms with Gasteiger partial charge in [-0.2, -0.15) is 4.57 Å². The maximum absolute atomic E-state index is 7.55. The van der Waals surface area contributed by atoms with Crippen LogP contribution < -0.4 is 9.30 Å². The molecule has 0 unspecified atom stereocenters. The SMILES string of the molecule is [C-]#[N+]C(C)(C)Cc1coc2c[n+](C)c3c(c12)Oc1cc(C)cc2cc(C)c(C)c-3c12. The lowest BCUT2D eigenvalue weighted by Crippen LogP contribution is -2.32. The lowest BCUT2D eigenvalue weighted by atomic mass is 9.88. The van der Waals surface area contributed by atoms with Crippen LogP contribution >= 0.6 is 0 Å². The predicted molar refractivity (Wildman–Crippen MR) is 119 cm³/mol. The van der Waals surface area contributed by atoms with Crippen molar-refractivity contribution in [1.82, 2.24) is 0 Å². The third kappa shape index (κ3) is 2.55. The van der Waals surface area contributed by atoms with Gasteiger partial charge in [0.1, 0.15) is 12.8 Å². The number of furan rings is 1. The van der Waals surface area contributed by atoms with Crippen molar-refractivity contribution in [2.75, 3.05) is 0 Å². The summed E-state index contributed by atoms with van der Waals surface area (Å²) in [6.07, 6.45) is 4.42. The number of fused-ring (bicyclic) bond motifs is 4. The first-order chi connectivity index (χ1) is 14.2. The minimum atomic E-state index is -0.503. The monoisotopic (exact) mass is 397 g/mol. The molecule has 0 spiro atoms. The zero-order valence-corrected chi connectivity index (χ0v) is 18.3. The lowest BCUT2D eigenvalue weighted by molar-refractivity contribution is -0.659. The second-order valence-corrected chi connectivity index (χ2v) is 9.18. The number of aryl methyl sites for hydroxylation is 3. The Bertz CT molecular complexity index is 1420. The maximum atomic E-state index is 7.55. The van der Waals surface area contributed by atoms with E-state index < -0.39 is 5.54 Å². The van der Waals surface area contributed by atoms with Gasteiger partial charge in [0.15, 0.2) is 0 Å². The topological polar surface area (TPSA) is 30.6 Å². The fraction of sp³-hybridized carbons (Fsp3) is 0.308. The van der Waals surface area contributed by atoms with E-state index in [0.717, 1.165) is 39.1 Å². The van der Waals surface area contributed by atoms with Crippen LogP contribution in [0.3, 0.4) is 0 Å². The molecule has 0 bridgehead atoms. The quantitative estimate of drug-likeness (QED) is 0.257. The highest BCUT2D eigenvalue weighted by Gasteiger charge is 2.35. The van der Waals surface area contributed by atoms with Crippen molar-refractivity contribution >= 4 is 21.7 Å². The van der Waals surface area contributed by atoms with Gasteiger partial charge in [-0.25, -0.2) is 6.57 Å². The molecule has 3 heterocycles. The number of nitrogens with zero attached hydrogens (tertiary/aromatic N) is 2. The van der Waals surface area contributed by atoms with Gasteiger partial charge in [-0.3, -0.25) is 0 Å². The average molecular weight is 397 g/mol. The van der Waals surface area contributed by atoms with Crippen molar-refractivity contribution in [1.29, 1.82) is 0 Å². The summed E-state index contributed by atoms with van der Waals surface area (Å²) in [6.45, 7) is 17.9. The number of ether oxygens (including phenoxy) is 1. The van der Waals surface area contributed by atoms with E-state index in [4.69, 9.17) is 15.7 Å². The fourth-order valence-electron chi connectivity index (χ4n) is 4.68. The lowest BCUT2D eigenvalue weighted by Gasteiger charge is -2.23. The Kier molecular flexibility index (Phi) is 3.79. The number of rotatable bonds is 2. The normalized spacial score (nSPS) is 12.7. The third-order valence-corrected chi connectivity index (χ3v) is 6.24. The first-order valence-electron chi connectivity index (χ1n) is 10.2. The molecule has 4 aromatic rings. The van der Waals surface area contributed by atoms with Crippen molar-refractivity contribution in [2.24, 2.45) is 7.05 Å². The minimum Gasteiger partial charge on any atom is -0.458 e. The Morgan fingerprint density at radius 2 is 1.87 bits per heavy atom. The number of pyridine rings is 1. The zero-order valence-electron chi connectivity index (χ0n) is 18.3. The molecule has 0 saturated heterocycles. The molecule has 0 saturated carbocycles. The smallest absolute Gasteiger partial charge is 0.257 e. The molecular formula is C26H25N2O2+. The molecule has 0 N–H and O–H groups in total. The highest BCUT2D eigenvalue weighted by Crippen LogP contribution is 2.50. The Balaban J connectivity index is 1.91. The molecule has 150 valence electrons. The number of aromatic nitrogens is 1. The van der Waals surface area contributed by atoms with Gasteiger partial charge in [-0.15, -0.1) is 0 Å². The van der Waals surface area contributed by atoms with Crippen molar-refractivity contribution in [3.8, 4) is 22.8 Å². The van der Waals surface area contributed by atoms with Gasteiger partial charge in [-0.1, -0.05) is 12.1 Å². The molecule has 0 aliphatic carbocycles. The van der Waals surface area contributed by atoms with Crippen LogP contribution in [0.15, 0.2) is 35.1 Å². The second-order valence-electron chi connectivity index (χ2n) is 9.18. The average Bonchev–Trinajstić information content (AvgIpc) is 3.06. The van der Waals surface area contributed by atoms with E-state index in [9.17, 15) is 0 Å². The first-order valence-corrected chi connectivity index (χ1v) is 10.2. The van der Waals surface area contributed by atoms with Crippen LogP contribution in [0.1, 0.15) is 36.1 Å². The van der Waals surface area contributed by atoms with Crippen molar-refractivity contribution in [3.63, 3.8) is 0 Å². The highest BCUT2D eigenvalue weighted by molar-refractivity contribution is 6.07. The van der Waals surface area contributed by atoms with E-state index in [1.54, 1.807) is 6.26 Å². The van der Waals surface area contributed by atoms with Gasteiger partial charge in [0.2, 0.25) is 23.1 Å². The fourth-order valence-corrected chi connectivity index (χ4v) is 4.68. The van der Waals surface area contributed by atoms with E-state index in [1.165, 1.54) is 27.6 Å². The van der Waals surface area contributed by atoms with Crippen LogP contribution in [0.5, 0.6) is 11.5 Å². The van der Waals surface area contributed by atoms with Gasteiger partial charge in [0, 0.05) is 24.8 Å². The summed E-state index contributed by atoms with van der Waals surface area (Å²) in [4.78, 5) is 3.80. The highest BCUT2D eigenvalue weighted by atomic mass is 16.5. The number of benzene rings is 2. The molecule has 5 rings (SSSR count). The molecule has 0 atom stereocenters. The Morgan fingerprint density at radius 1 is 1.10 bits per heavy atom. The van der Waals surface area contributed by atoms with Gasteiger partial charge in [0.05, 0.1) is 23.6 Å². The molecule has 0 radical (unpaired) electrons. The van der Waals surface area contributed by atoms with Gasteiger partial charge in [-0.05, 0) is 48.9 Å². The van der Waals surface area contributed by atoms with E-state index in [-0.39, 0.29) is 0 Å². The molecule has 30 heavy (non-hydrogen) atoms. The summed E-state index contributed by atoms with van der Waals surface area (Å²) >= 11 is 0. The van der Waals surface area contributed by atoms with E-state index in [2.05, 4.69) is 48.4 Å². The maximum Gasteiger partial charge on any atom is 0.257 e. The molecule has 2 aromatic heterocycles. The molecule has 4 heteroatoms. The van der Waals surface area contributed by atoms with Crippen molar-refractivity contribution in [3.05, 3.63) is 64.3 Å². The molecule has 0 fully saturated rings. The number of hydrogen-bond donors (Lipinski definition) is 0. The third-order valence-electron chi connectivity index (χ3n) is 6.24. The van der Waals surface area contributed by atoms with E-state index in [1.807, 2.05) is 27.1 Å². The van der Waals surface area contributed by atoms with Crippen molar-refractivity contribution < 1.29 is 13.7 Å². The van der Waals surface area contributed by atoms with Crippen LogP contribution in [0.4, 0.5) is 0 Å². The standard InChI is InChI=1S/C26H25N2O2/c1-14-8-17-10-15(2)16(3)21-22(17)19(9-14)30-25-23-18(11-26(4,5)27-6)13-29-20(23)12-28(7)24(21)25/h8-10,12-13H,11H2,1-5,7H3/q+1. The van der Waals surface area contributed by atoms with Crippen LogP contribution in [0.2, 0.25) is 0 Å². The van der Waals surface area contributed by atoms with Gasteiger partial charge < -0.3 is 14.0 Å². The molecular weight excluding hydrogens is 372 g/mol. The summed E-state index contributed by atoms with van der Waals surface area (Å²) in [6, 6.07) is 6.59. The number of hydrogen-bond acceptors (Lipinski definition) is 2. The predicted octanol–water partition coefficient (Wildman–Crippen LogP) is 6.35. The summed E-state index contributed by atoms with van der Waals surface area (Å²) in [5.74, 6) is 1.72. The molecule has 1 aliphatic heterocycles. The first kappa shape index (κ1) is 18.7. The van der Waals surface area contributed by atoms with Crippen LogP contribution in [0.25, 0.3) is 37.8 Å². The molecule has 1 aliphatic rings. The van der Waals surface area contributed by atoms with Gasteiger partial charge >= 0.3 is 0 Å². The van der Waals surface area contributed by atoms with Gasteiger partial charge in [0.25, 0.3) is 5.69 Å². The minimum absolute atomic E-state index is 0.503. The molecule has 4 nitrogen and oxygen atoms in total. The Hall–Kier alpha value is -3.32. The second kappa shape index (κ2) is 6.09.